The molecule has 0 spiro atoms. The summed E-state index contributed by atoms with van der Waals surface area (Å²) in [7, 11) is 0. The van der Waals surface area contributed by atoms with Crippen LogP contribution in [0.5, 0.6) is 0 Å². The molecule has 20 heavy (non-hydrogen) atoms. The molecule has 0 aliphatic rings. The summed E-state index contributed by atoms with van der Waals surface area (Å²) in [6, 6.07) is 8.91. The van der Waals surface area contributed by atoms with Gasteiger partial charge in [0.1, 0.15) is 5.03 Å². The highest BCUT2D eigenvalue weighted by molar-refractivity contribution is 7.98. The predicted octanol–water partition coefficient (Wildman–Crippen LogP) is 4.03. The molecular weight excluding hydrogens is 317 g/mol. The van der Waals surface area contributed by atoms with E-state index in [-0.39, 0.29) is 5.91 Å². The van der Waals surface area contributed by atoms with Gasteiger partial charge in [-0.05, 0) is 29.8 Å². The monoisotopic (exact) mass is 327 g/mol. The molecule has 0 aliphatic heterocycles. The van der Waals surface area contributed by atoms with E-state index < -0.39 is 0 Å². The van der Waals surface area contributed by atoms with Crippen LogP contribution in [0.2, 0.25) is 10.0 Å². The van der Waals surface area contributed by atoms with Gasteiger partial charge in [-0.1, -0.05) is 41.0 Å². The molecule has 0 atom stereocenters. The van der Waals surface area contributed by atoms with Crippen molar-refractivity contribution in [2.75, 3.05) is 5.32 Å². The van der Waals surface area contributed by atoms with Crippen molar-refractivity contribution >= 4 is 46.7 Å². The number of nitrogens with one attached hydrogen (secondary N) is 1. The number of aromatic nitrogens is 2. The van der Waals surface area contributed by atoms with Crippen LogP contribution >= 0.6 is 35.0 Å². The van der Waals surface area contributed by atoms with Gasteiger partial charge in [0.05, 0.1) is 0 Å². The fourth-order valence-corrected chi connectivity index (χ4v) is 2.81. The van der Waals surface area contributed by atoms with E-state index in [1.807, 2.05) is 6.07 Å². The Morgan fingerprint density at radius 2 is 2.05 bits per heavy atom. The van der Waals surface area contributed by atoms with Crippen LogP contribution in [0.25, 0.3) is 0 Å². The zero-order chi connectivity index (χ0) is 14.5. The first-order chi connectivity index (χ1) is 9.54. The maximum Gasteiger partial charge on any atom is 0.222 e. The second kappa shape index (κ2) is 6.92. The van der Waals surface area contributed by atoms with Gasteiger partial charge in [-0.15, -0.1) is 10.2 Å². The van der Waals surface area contributed by atoms with E-state index in [2.05, 4.69) is 15.5 Å². The number of halogens is 2. The van der Waals surface area contributed by atoms with E-state index in [0.29, 0.717) is 21.6 Å². The molecule has 2 rings (SSSR count). The summed E-state index contributed by atoms with van der Waals surface area (Å²) in [5.74, 6) is 0.934. The molecule has 0 unspecified atom stereocenters. The first-order valence-corrected chi connectivity index (χ1v) is 7.47. The number of carbonyl (C=O) groups is 1. The molecule has 4 nitrogen and oxygen atoms in total. The summed E-state index contributed by atoms with van der Waals surface area (Å²) in [6.07, 6.45) is 0. The fraction of sp³-hybridized carbons (Fsp3) is 0.154. The molecule has 7 heteroatoms. The van der Waals surface area contributed by atoms with E-state index in [9.17, 15) is 4.79 Å². The van der Waals surface area contributed by atoms with E-state index in [1.54, 1.807) is 24.3 Å². The van der Waals surface area contributed by atoms with Crippen molar-refractivity contribution in [1.29, 1.82) is 0 Å². The summed E-state index contributed by atoms with van der Waals surface area (Å²) >= 11 is 13.4. The summed E-state index contributed by atoms with van der Waals surface area (Å²) in [4.78, 5) is 10.9. The zero-order valence-corrected chi connectivity index (χ0v) is 12.9. The van der Waals surface area contributed by atoms with Crippen LogP contribution in [0.1, 0.15) is 12.5 Å². The van der Waals surface area contributed by atoms with Gasteiger partial charge in [-0.3, -0.25) is 4.79 Å². The van der Waals surface area contributed by atoms with E-state index in [4.69, 9.17) is 23.2 Å². The minimum atomic E-state index is -0.173. The van der Waals surface area contributed by atoms with Gasteiger partial charge < -0.3 is 5.32 Å². The number of anilines is 1. The molecule has 104 valence electrons. The molecule has 2 aromatic rings. The van der Waals surface area contributed by atoms with Crippen molar-refractivity contribution in [2.24, 2.45) is 0 Å². The minimum Gasteiger partial charge on any atom is -0.309 e. The number of amides is 1. The topological polar surface area (TPSA) is 54.9 Å². The number of benzene rings is 1. The maximum absolute atomic E-state index is 10.9. The van der Waals surface area contributed by atoms with Crippen LogP contribution in [0.4, 0.5) is 5.82 Å². The lowest BCUT2D eigenvalue weighted by atomic mass is 10.2. The van der Waals surface area contributed by atoms with Crippen LogP contribution in [0.15, 0.2) is 35.4 Å². The lowest BCUT2D eigenvalue weighted by molar-refractivity contribution is -0.114. The predicted molar refractivity (Wildman–Crippen MR) is 82.4 cm³/mol. The summed E-state index contributed by atoms with van der Waals surface area (Å²) in [6.45, 7) is 1.42. The van der Waals surface area contributed by atoms with Crippen LogP contribution in [0.3, 0.4) is 0 Å². The summed E-state index contributed by atoms with van der Waals surface area (Å²) in [5.41, 5.74) is 0.980. The lowest BCUT2D eigenvalue weighted by Gasteiger charge is -2.05. The number of carbonyl (C=O) groups excluding carboxylic acids is 1. The highest BCUT2D eigenvalue weighted by atomic mass is 35.5. The van der Waals surface area contributed by atoms with Gasteiger partial charge in [0.15, 0.2) is 5.82 Å². The molecule has 1 aromatic carbocycles. The molecular formula is C13H11Cl2N3OS. The number of hydrogen-bond donors (Lipinski definition) is 1. The Morgan fingerprint density at radius 3 is 2.65 bits per heavy atom. The van der Waals surface area contributed by atoms with Gasteiger partial charge in [0, 0.05) is 22.7 Å². The summed E-state index contributed by atoms with van der Waals surface area (Å²) < 4.78 is 0. The second-order valence-electron chi connectivity index (χ2n) is 3.96. The van der Waals surface area contributed by atoms with Gasteiger partial charge in [0.25, 0.3) is 0 Å². The third-order valence-electron chi connectivity index (χ3n) is 2.33. The molecule has 1 amide bonds. The SMILES string of the molecule is CC(=O)Nc1ccc(SCc2ccc(Cl)cc2Cl)nn1. The number of nitrogens with zero attached hydrogens (tertiary/aromatic N) is 2. The number of rotatable bonds is 4. The highest BCUT2D eigenvalue weighted by Gasteiger charge is 2.04. The lowest BCUT2D eigenvalue weighted by Crippen LogP contribution is -2.07. The average Bonchev–Trinajstić information content (AvgIpc) is 2.39. The Morgan fingerprint density at radius 1 is 1.25 bits per heavy atom. The average molecular weight is 328 g/mol. The van der Waals surface area contributed by atoms with Crippen LogP contribution < -0.4 is 5.32 Å². The van der Waals surface area contributed by atoms with Crippen molar-refractivity contribution in [3.63, 3.8) is 0 Å². The Bertz CT molecular complexity index is 620. The largest absolute Gasteiger partial charge is 0.309 e. The van der Waals surface area contributed by atoms with Gasteiger partial charge in [-0.2, -0.15) is 0 Å². The van der Waals surface area contributed by atoms with Crippen LogP contribution in [-0.4, -0.2) is 16.1 Å². The van der Waals surface area contributed by atoms with Crippen molar-refractivity contribution in [3.8, 4) is 0 Å². The molecule has 0 bridgehead atoms. The maximum atomic E-state index is 10.9. The summed E-state index contributed by atoms with van der Waals surface area (Å²) in [5, 5.41) is 12.5. The number of hydrogen-bond acceptors (Lipinski definition) is 4. The number of thioether (sulfide) groups is 1. The Hall–Kier alpha value is -1.30. The Balaban J connectivity index is 1.98. The molecule has 0 aliphatic carbocycles. The Kier molecular flexibility index (Phi) is 5.23. The Labute approximate surface area is 130 Å². The van der Waals surface area contributed by atoms with Crippen molar-refractivity contribution in [2.45, 2.75) is 17.7 Å². The van der Waals surface area contributed by atoms with Crippen LogP contribution in [-0.2, 0) is 10.5 Å². The second-order valence-corrected chi connectivity index (χ2v) is 5.80. The highest BCUT2D eigenvalue weighted by Crippen LogP contribution is 2.27. The van der Waals surface area contributed by atoms with Gasteiger partial charge >= 0.3 is 0 Å². The third kappa shape index (κ3) is 4.37. The zero-order valence-electron chi connectivity index (χ0n) is 10.6. The quantitative estimate of drug-likeness (QED) is 0.861. The van der Waals surface area contributed by atoms with E-state index in [1.165, 1.54) is 18.7 Å². The molecule has 0 fully saturated rings. The molecule has 1 heterocycles. The van der Waals surface area contributed by atoms with Gasteiger partial charge in [-0.25, -0.2) is 0 Å². The van der Waals surface area contributed by atoms with Crippen molar-refractivity contribution < 1.29 is 4.79 Å². The minimum absolute atomic E-state index is 0.173. The van der Waals surface area contributed by atoms with E-state index >= 15 is 0 Å². The fourth-order valence-electron chi connectivity index (χ4n) is 1.43. The third-order valence-corrected chi connectivity index (χ3v) is 3.89. The molecule has 0 radical (unpaired) electrons. The first-order valence-electron chi connectivity index (χ1n) is 5.72. The standard InChI is InChI=1S/C13H11Cl2N3OS/c1-8(19)16-12-4-5-13(18-17-12)20-7-9-2-3-10(14)6-11(9)15/h2-6H,7H2,1H3,(H,16,17,19). The molecule has 1 aromatic heterocycles. The van der Waals surface area contributed by atoms with Gasteiger partial charge in [0.2, 0.25) is 5.91 Å². The normalized spacial score (nSPS) is 10.3. The molecule has 0 saturated heterocycles. The van der Waals surface area contributed by atoms with Crippen molar-refractivity contribution in [3.05, 3.63) is 45.9 Å². The molecule has 0 saturated carbocycles. The first kappa shape index (κ1) is 15.1. The van der Waals surface area contributed by atoms with Crippen molar-refractivity contribution in [1.82, 2.24) is 10.2 Å². The van der Waals surface area contributed by atoms with E-state index in [0.717, 1.165) is 10.6 Å². The van der Waals surface area contributed by atoms with Crippen LogP contribution in [0, 0.1) is 0 Å². The smallest absolute Gasteiger partial charge is 0.222 e. The molecule has 1 N–H and O–H groups in total.